The SMILES string of the molecule is COC(=O)[C@@H]1C[S@@](=O)CN1C(=O)/C([N+]#N)=C(/C)O. The van der Waals surface area contributed by atoms with Gasteiger partial charge in [-0.05, 0) is 0 Å². The summed E-state index contributed by atoms with van der Waals surface area (Å²) >= 11 is 0. The van der Waals surface area contributed by atoms with Crippen molar-refractivity contribution in [3.8, 4) is 0 Å². The number of nitrogens with zero attached hydrogens (tertiary/aromatic N) is 3. The number of allylic oxidation sites excluding steroid dienone is 1. The lowest BCUT2D eigenvalue weighted by atomic mass is 10.2. The molecule has 0 unspecified atom stereocenters. The van der Waals surface area contributed by atoms with E-state index < -0.39 is 40.2 Å². The zero-order valence-corrected chi connectivity index (χ0v) is 10.6. The number of aliphatic hydroxyl groups excluding tert-OH is 1. The van der Waals surface area contributed by atoms with Crippen LogP contribution in [-0.2, 0) is 25.1 Å². The number of carbonyl (C=O) groups is 2. The molecule has 0 spiro atoms. The van der Waals surface area contributed by atoms with Crippen LogP contribution >= 0.6 is 0 Å². The Morgan fingerprint density at radius 2 is 2.17 bits per heavy atom. The van der Waals surface area contributed by atoms with Gasteiger partial charge in [-0.15, -0.1) is 0 Å². The Morgan fingerprint density at radius 1 is 1.56 bits per heavy atom. The van der Waals surface area contributed by atoms with Crippen LogP contribution in [0.5, 0.6) is 0 Å². The van der Waals surface area contributed by atoms with Gasteiger partial charge in [-0.2, -0.15) is 0 Å². The van der Waals surface area contributed by atoms with Gasteiger partial charge in [0.05, 0.1) is 18.7 Å². The van der Waals surface area contributed by atoms with Crippen LogP contribution in [0.2, 0.25) is 0 Å². The molecule has 0 bridgehead atoms. The maximum atomic E-state index is 11.9. The van der Waals surface area contributed by atoms with Crippen molar-refractivity contribution in [1.82, 2.24) is 4.90 Å². The Hall–Kier alpha value is -1.95. The lowest BCUT2D eigenvalue weighted by Crippen LogP contribution is -2.43. The van der Waals surface area contributed by atoms with E-state index in [1.165, 1.54) is 0 Å². The molecule has 98 valence electrons. The zero-order chi connectivity index (χ0) is 13.9. The number of hydrogen-bond donors (Lipinski definition) is 1. The molecule has 1 heterocycles. The van der Waals surface area contributed by atoms with E-state index in [1.807, 2.05) is 0 Å². The standard InChI is InChI=1S/C9H11N3O5S/c1-5(13)7(11-10)8(14)12-4-18(16)3-6(12)9(15)17-2/h6H,3-4H2,1-2H3/p+1/t6-,18+/m0/s1. The number of methoxy groups -OCH3 is 1. The van der Waals surface area contributed by atoms with Crippen molar-refractivity contribution < 1.29 is 23.6 Å². The number of ether oxygens (including phenoxy) is 1. The first-order valence-corrected chi connectivity index (χ1v) is 6.39. The summed E-state index contributed by atoms with van der Waals surface area (Å²) in [6.07, 6.45) is 0. The van der Waals surface area contributed by atoms with Gasteiger partial charge in [0, 0.05) is 17.7 Å². The Morgan fingerprint density at radius 3 is 2.61 bits per heavy atom. The van der Waals surface area contributed by atoms with Crippen molar-refractivity contribution in [3.63, 3.8) is 0 Å². The number of rotatable bonds is 2. The van der Waals surface area contributed by atoms with E-state index in [-0.39, 0.29) is 11.6 Å². The lowest BCUT2D eigenvalue weighted by Gasteiger charge is -2.18. The van der Waals surface area contributed by atoms with Gasteiger partial charge in [0.2, 0.25) is 5.39 Å². The third-order valence-corrected chi connectivity index (χ3v) is 3.64. The number of carbonyl (C=O) groups excluding carboxylic acids is 2. The van der Waals surface area contributed by atoms with E-state index in [0.717, 1.165) is 18.9 Å². The molecule has 9 heteroatoms. The van der Waals surface area contributed by atoms with Crippen LogP contribution < -0.4 is 0 Å². The van der Waals surface area contributed by atoms with Gasteiger partial charge < -0.3 is 14.7 Å². The van der Waals surface area contributed by atoms with E-state index in [0.29, 0.717) is 0 Å². The van der Waals surface area contributed by atoms with Crippen LogP contribution in [0.25, 0.3) is 4.98 Å². The van der Waals surface area contributed by atoms with Gasteiger partial charge in [0.25, 0.3) is 0 Å². The molecule has 1 saturated heterocycles. The van der Waals surface area contributed by atoms with E-state index in [9.17, 15) is 18.9 Å². The van der Waals surface area contributed by atoms with Crippen LogP contribution in [0.1, 0.15) is 6.92 Å². The van der Waals surface area contributed by atoms with Crippen LogP contribution in [0.4, 0.5) is 0 Å². The summed E-state index contributed by atoms with van der Waals surface area (Å²) in [7, 11) is -0.231. The molecule has 0 radical (unpaired) electrons. The van der Waals surface area contributed by atoms with Crippen molar-refractivity contribution in [2.24, 2.45) is 0 Å². The van der Waals surface area contributed by atoms with E-state index >= 15 is 0 Å². The third kappa shape index (κ3) is 2.65. The van der Waals surface area contributed by atoms with Gasteiger partial charge in [0.15, 0.2) is 10.7 Å². The molecule has 8 nitrogen and oxygen atoms in total. The first kappa shape index (κ1) is 14.1. The highest BCUT2D eigenvalue weighted by Gasteiger charge is 2.44. The normalized spacial score (nSPS) is 24.2. The molecule has 18 heavy (non-hydrogen) atoms. The minimum Gasteiger partial charge on any atom is -0.505 e. The Bertz CT molecular complexity index is 477. The Kier molecular flexibility index (Phi) is 4.38. The number of esters is 1. The molecule has 1 amide bonds. The average molecular weight is 274 g/mol. The fourth-order valence-electron chi connectivity index (χ4n) is 1.50. The molecule has 1 N–H and O–H groups in total. The van der Waals surface area contributed by atoms with Crippen LogP contribution in [0, 0.1) is 5.39 Å². The zero-order valence-electron chi connectivity index (χ0n) is 9.82. The first-order chi connectivity index (χ1) is 8.42. The Balaban J connectivity index is 3.05. The highest BCUT2D eigenvalue weighted by molar-refractivity contribution is 7.85. The first-order valence-electron chi connectivity index (χ1n) is 4.91. The molecular weight excluding hydrogens is 262 g/mol. The molecule has 0 aliphatic carbocycles. The summed E-state index contributed by atoms with van der Waals surface area (Å²) < 4.78 is 15.9. The molecule has 0 saturated carbocycles. The van der Waals surface area contributed by atoms with E-state index in [1.54, 1.807) is 0 Å². The largest absolute Gasteiger partial charge is 0.505 e. The maximum absolute atomic E-state index is 11.9. The van der Waals surface area contributed by atoms with Gasteiger partial charge in [-0.25, -0.2) is 4.79 Å². The number of amides is 1. The van der Waals surface area contributed by atoms with Crippen LogP contribution in [0.15, 0.2) is 11.5 Å². The molecule has 2 atom stereocenters. The monoisotopic (exact) mass is 274 g/mol. The van der Waals surface area contributed by atoms with Crippen molar-refractivity contribution in [3.05, 3.63) is 16.4 Å². The molecular formula is C9H12N3O5S+. The van der Waals surface area contributed by atoms with Gasteiger partial charge in [-0.1, -0.05) is 0 Å². The Labute approximate surface area is 105 Å². The lowest BCUT2D eigenvalue weighted by molar-refractivity contribution is -0.149. The average Bonchev–Trinajstić information content (AvgIpc) is 2.70. The maximum Gasteiger partial charge on any atom is 0.485 e. The quantitative estimate of drug-likeness (QED) is 0.321. The molecule has 1 aliphatic rings. The summed E-state index contributed by atoms with van der Waals surface area (Å²) in [5, 5.41) is 17.8. The summed E-state index contributed by atoms with van der Waals surface area (Å²) in [4.78, 5) is 27.0. The van der Waals surface area contributed by atoms with Crippen LogP contribution in [-0.4, -0.2) is 50.9 Å². The summed E-state index contributed by atoms with van der Waals surface area (Å²) in [6.45, 7) is 1.16. The van der Waals surface area contributed by atoms with E-state index in [2.05, 4.69) is 9.71 Å². The highest BCUT2D eigenvalue weighted by Crippen LogP contribution is 2.18. The molecule has 0 aromatic carbocycles. The number of diazo groups is 1. The molecule has 1 aliphatic heterocycles. The minimum absolute atomic E-state index is 0.0401. The second-order valence-electron chi connectivity index (χ2n) is 3.58. The fourth-order valence-corrected chi connectivity index (χ4v) is 2.88. The highest BCUT2D eigenvalue weighted by atomic mass is 32.2. The number of hydrogen-bond acceptors (Lipinski definition) is 6. The van der Waals surface area contributed by atoms with Gasteiger partial charge in [-0.3, -0.25) is 9.00 Å². The van der Waals surface area contributed by atoms with Crippen molar-refractivity contribution >= 4 is 22.7 Å². The van der Waals surface area contributed by atoms with Crippen molar-refractivity contribution in [2.75, 3.05) is 18.7 Å². The minimum atomic E-state index is -1.38. The third-order valence-electron chi connectivity index (χ3n) is 2.38. The van der Waals surface area contributed by atoms with Crippen LogP contribution in [0.3, 0.4) is 0 Å². The summed E-state index contributed by atoms with van der Waals surface area (Å²) in [5.41, 5.74) is -0.595. The summed E-state index contributed by atoms with van der Waals surface area (Å²) in [6, 6.07) is -1.00. The summed E-state index contributed by atoms with van der Waals surface area (Å²) in [5.74, 6) is -2.29. The second kappa shape index (κ2) is 5.59. The predicted molar refractivity (Wildman–Crippen MR) is 60.9 cm³/mol. The van der Waals surface area contributed by atoms with Gasteiger partial charge in [0.1, 0.15) is 6.04 Å². The predicted octanol–water partition coefficient (Wildman–Crippen LogP) is -0.281. The van der Waals surface area contributed by atoms with Crippen molar-refractivity contribution in [2.45, 2.75) is 13.0 Å². The van der Waals surface area contributed by atoms with Gasteiger partial charge >= 0.3 is 17.6 Å². The molecule has 0 aromatic heterocycles. The number of aliphatic hydroxyl groups is 1. The molecule has 0 aromatic rings. The van der Waals surface area contributed by atoms with E-state index in [4.69, 9.17) is 5.39 Å². The molecule has 1 fully saturated rings. The fraction of sp³-hybridized carbons (Fsp3) is 0.556. The van der Waals surface area contributed by atoms with Crippen molar-refractivity contribution in [1.29, 1.82) is 5.39 Å². The second-order valence-corrected chi connectivity index (χ2v) is 5.05. The topological polar surface area (TPSA) is 112 Å². The molecule has 1 rings (SSSR count). The smallest absolute Gasteiger partial charge is 0.485 e.